The quantitative estimate of drug-likeness (QED) is 0.611. The number of hydrogen-bond donors (Lipinski definition) is 0. The molecule has 0 aromatic carbocycles. The van der Waals surface area contributed by atoms with E-state index in [1.165, 1.54) is 16.8 Å². The summed E-state index contributed by atoms with van der Waals surface area (Å²) < 4.78 is 39.3. The molecule has 3 aromatic rings. The number of rotatable bonds is 5. The Morgan fingerprint density at radius 3 is 2.39 bits per heavy atom. The molecule has 1 fully saturated rings. The fraction of sp³-hybridized carbons (Fsp3) is 0.350. The van der Waals surface area contributed by atoms with Crippen LogP contribution in [0, 0.1) is 0 Å². The highest BCUT2D eigenvalue weighted by Gasteiger charge is 2.33. The Kier molecular flexibility index (Phi) is 5.94. The number of aromatic nitrogens is 5. The maximum Gasteiger partial charge on any atom is 0.435 e. The molecule has 11 heteroatoms. The minimum absolute atomic E-state index is 0.175. The molecule has 0 aliphatic carbocycles. The predicted molar refractivity (Wildman–Crippen MR) is 107 cm³/mol. The molecule has 162 valence electrons. The van der Waals surface area contributed by atoms with Crippen molar-refractivity contribution in [2.75, 3.05) is 37.6 Å². The average Bonchev–Trinajstić information content (AvgIpc) is 2.79. The summed E-state index contributed by atoms with van der Waals surface area (Å²) in [5.41, 5.74) is 0.341. The normalized spacial score (nSPS) is 15.3. The van der Waals surface area contributed by atoms with Gasteiger partial charge in [-0.05, 0) is 30.3 Å². The smallest absolute Gasteiger partial charge is 0.353 e. The van der Waals surface area contributed by atoms with E-state index in [2.05, 4.69) is 25.2 Å². The second-order valence-corrected chi connectivity index (χ2v) is 7.12. The third kappa shape index (κ3) is 5.05. The third-order valence-electron chi connectivity index (χ3n) is 5.09. The van der Waals surface area contributed by atoms with E-state index in [1.807, 2.05) is 17.0 Å². The topological polar surface area (TPSA) is 80.0 Å². The SMILES string of the molecule is O=c1ccc(-c2cccnc2)nn1CCN1CCN(c2ccc(C(F)(F)F)nn2)CC1. The largest absolute Gasteiger partial charge is 0.435 e. The first-order chi connectivity index (χ1) is 14.9. The lowest BCUT2D eigenvalue weighted by atomic mass is 10.2. The molecule has 0 unspecified atom stereocenters. The number of piperazine rings is 1. The van der Waals surface area contributed by atoms with Crippen LogP contribution in [0.25, 0.3) is 11.3 Å². The highest BCUT2D eigenvalue weighted by atomic mass is 19.4. The van der Waals surface area contributed by atoms with Crippen LogP contribution < -0.4 is 10.5 Å². The lowest BCUT2D eigenvalue weighted by Crippen LogP contribution is -2.48. The van der Waals surface area contributed by atoms with E-state index >= 15 is 0 Å². The van der Waals surface area contributed by atoms with Gasteiger partial charge < -0.3 is 4.90 Å². The van der Waals surface area contributed by atoms with Crippen molar-refractivity contribution in [1.82, 2.24) is 29.9 Å². The molecule has 0 atom stereocenters. The van der Waals surface area contributed by atoms with Crippen LogP contribution in [-0.4, -0.2) is 62.6 Å². The molecule has 1 saturated heterocycles. The van der Waals surface area contributed by atoms with E-state index in [1.54, 1.807) is 18.5 Å². The Balaban J connectivity index is 1.33. The van der Waals surface area contributed by atoms with Crippen LogP contribution >= 0.6 is 0 Å². The number of hydrogen-bond acceptors (Lipinski definition) is 7. The Morgan fingerprint density at radius 1 is 0.935 bits per heavy atom. The number of pyridine rings is 1. The van der Waals surface area contributed by atoms with Crippen LogP contribution in [0.5, 0.6) is 0 Å². The molecule has 8 nitrogen and oxygen atoms in total. The molecule has 0 bridgehead atoms. The molecule has 4 heterocycles. The van der Waals surface area contributed by atoms with Gasteiger partial charge in [-0.3, -0.25) is 14.7 Å². The summed E-state index contributed by atoms with van der Waals surface area (Å²) in [6.07, 6.45) is -1.12. The fourth-order valence-corrected chi connectivity index (χ4v) is 3.36. The average molecular weight is 431 g/mol. The standard InChI is InChI=1S/C20H20F3N7O/c21-20(22,23)17-4-5-18(26-25-17)29-11-8-28(9-12-29)10-13-30-19(31)6-3-16(27-30)15-2-1-7-24-14-15/h1-7,14H,8-13H2. The van der Waals surface area contributed by atoms with Crippen molar-refractivity contribution in [3.8, 4) is 11.3 Å². The molecule has 1 aliphatic rings. The van der Waals surface area contributed by atoms with Gasteiger partial charge in [0.15, 0.2) is 11.5 Å². The van der Waals surface area contributed by atoms with E-state index < -0.39 is 11.9 Å². The minimum Gasteiger partial charge on any atom is -0.353 e. The zero-order chi connectivity index (χ0) is 21.8. The van der Waals surface area contributed by atoms with Crippen LogP contribution in [0.4, 0.5) is 19.0 Å². The second kappa shape index (κ2) is 8.80. The van der Waals surface area contributed by atoms with Crippen LogP contribution in [0.1, 0.15) is 5.69 Å². The van der Waals surface area contributed by atoms with Crippen molar-refractivity contribution < 1.29 is 13.2 Å². The van der Waals surface area contributed by atoms with Crippen molar-refractivity contribution in [3.05, 3.63) is 64.8 Å². The summed E-state index contributed by atoms with van der Waals surface area (Å²) in [5, 5.41) is 11.4. The van der Waals surface area contributed by atoms with E-state index in [4.69, 9.17) is 0 Å². The van der Waals surface area contributed by atoms with Crippen LogP contribution in [0.3, 0.4) is 0 Å². The van der Waals surface area contributed by atoms with Crippen molar-refractivity contribution in [3.63, 3.8) is 0 Å². The molecule has 0 spiro atoms. The van der Waals surface area contributed by atoms with Gasteiger partial charge in [-0.1, -0.05) is 0 Å². The second-order valence-electron chi connectivity index (χ2n) is 7.12. The van der Waals surface area contributed by atoms with Gasteiger partial charge in [0.05, 0.1) is 12.2 Å². The maximum atomic E-state index is 12.6. The van der Waals surface area contributed by atoms with Crippen molar-refractivity contribution in [1.29, 1.82) is 0 Å². The van der Waals surface area contributed by atoms with Gasteiger partial charge in [0.1, 0.15) is 0 Å². The number of nitrogens with zero attached hydrogens (tertiary/aromatic N) is 7. The Bertz CT molecular complexity index is 1060. The van der Waals surface area contributed by atoms with Gasteiger partial charge >= 0.3 is 6.18 Å². The number of anilines is 1. The van der Waals surface area contributed by atoms with Crippen LogP contribution in [0.15, 0.2) is 53.6 Å². The predicted octanol–water partition coefficient (Wildman–Crippen LogP) is 1.94. The van der Waals surface area contributed by atoms with Crippen molar-refractivity contribution in [2.45, 2.75) is 12.7 Å². The van der Waals surface area contributed by atoms with E-state index in [0.717, 1.165) is 11.6 Å². The van der Waals surface area contributed by atoms with Gasteiger partial charge in [0, 0.05) is 56.7 Å². The van der Waals surface area contributed by atoms with Gasteiger partial charge in [-0.15, -0.1) is 10.2 Å². The summed E-state index contributed by atoms with van der Waals surface area (Å²) in [7, 11) is 0. The summed E-state index contributed by atoms with van der Waals surface area (Å²) in [4.78, 5) is 20.3. The molecule has 4 rings (SSSR count). The summed E-state index contributed by atoms with van der Waals surface area (Å²) in [5.74, 6) is 0.426. The Hall–Kier alpha value is -3.34. The fourth-order valence-electron chi connectivity index (χ4n) is 3.36. The monoisotopic (exact) mass is 431 g/mol. The Labute approximate surface area is 176 Å². The van der Waals surface area contributed by atoms with Crippen LogP contribution in [-0.2, 0) is 12.7 Å². The van der Waals surface area contributed by atoms with Crippen LogP contribution in [0.2, 0.25) is 0 Å². The van der Waals surface area contributed by atoms with Gasteiger partial charge in [0.25, 0.3) is 5.56 Å². The molecule has 0 radical (unpaired) electrons. The highest BCUT2D eigenvalue weighted by molar-refractivity contribution is 5.56. The molecular weight excluding hydrogens is 411 g/mol. The summed E-state index contributed by atoms with van der Waals surface area (Å²) in [6, 6.07) is 9.16. The molecular formula is C20H20F3N7O. The zero-order valence-corrected chi connectivity index (χ0v) is 16.5. The zero-order valence-electron chi connectivity index (χ0n) is 16.5. The molecule has 3 aromatic heterocycles. The van der Waals surface area contributed by atoms with E-state index in [-0.39, 0.29) is 5.56 Å². The first-order valence-electron chi connectivity index (χ1n) is 9.77. The summed E-state index contributed by atoms with van der Waals surface area (Å²) >= 11 is 0. The molecule has 0 N–H and O–H groups in total. The Morgan fingerprint density at radius 2 is 1.74 bits per heavy atom. The minimum atomic E-state index is -4.50. The summed E-state index contributed by atoms with van der Waals surface area (Å²) in [6.45, 7) is 3.68. The lowest BCUT2D eigenvalue weighted by molar-refractivity contribution is -0.141. The molecule has 31 heavy (non-hydrogen) atoms. The first-order valence-corrected chi connectivity index (χ1v) is 9.77. The van der Waals surface area contributed by atoms with Crippen molar-refractivity contribution in [2.24, 2.45) is 0 Å². The molecule has 0 saturated carbocycles. The lowest BCUT2D eigenvalue weighted by Gasteiger charge is -2.35. The maximum absolute atomic E-state index is 12.6. The van der Waals surface area contributed by atoms with Gasteiger partial charge in [-0.2, -0.15) is 18.3 Å². The van der Waals surface area contributed by atoms with E-state index in [9.17, 15) is 18.0 Å². The first kappa shape index (κ1) is 20.9. The molecule has 0 amide bonds. The van der Waals surface area contributed by atoms with E-state index in [0.29, 0.717) is 50.8 Å². The highest BCUT2D eigenvalue weighted by Crippen LogP contribution is 2.27. The number of alkyl halides is 3. The number of halogens is 3. The third-order valence-corrected chi connectivity index (χ3v) is 5.09. The van der Waals surface area contributed by atoms with Crippen molar-refractivity contribution >= 4 is 5.82 Å². The molecule has 1 aliphatic heterocycles. The van der Waals surface area contributed by atoms with Gasteiger partial charge in [-0.25, -0.2) is 4.68 Å². The van der Waals surface area contributed by atoms with Gasteiger partial charge in [0.2, 0.25) is 0 Å².